The molecule has 10 nitrogen and oxygen atoms in total. The smallest absolute Gasteiger partial charge is 0.329 e. The molecule has 5 amide bonds. The number of anilines is 1. The topological polar surface area (TPSA) is 127 Å². The fourth-order valence-corrected chi connectivity index (χ4v) is 4.23. The van der Waals surface area contributed by atoms with Gasteiger partial charge in [0.2, 0.25) is 11.8 Å². The highest BCUT2D eigenvalue weighted by molar-refractivity contribution is 6.12. The van der Waals surface area contributed by atoms with Crippen LogP contribution in [-0.4, -0.2) is 76.8 Å². The first-order valence-corrected chi connectivity index (χ1v) is 10.7. The van der Waals surface area contributed by atoms with E-state index in [-0.39, 0.29) is 48.7 Å². The summed E-state index contributed by atoms with van der Waals surface area (Å²) in [7, 11) is 0. The standard InChI is InChI=1S/C21H26N4O4.CH2O2/c1-13-14(2)24(11-10-23(13)19(27)15-4-3-5-15)20(28)16-6-8-17(9-7-16)25-12-18(26)22-21(25)29;2-1-3/h6-9,13-15H,3-5,10-12H2,1-2H3,(H,22,26,29);1H,(H,2,3)/t13-,14+;/m1./s1. The monoisotopic (exact) mass is 444 g/mol. The summed E-state index contributed by atoms with van der Waals surface area (Å²) in [6, 6.07) is 6.14. The number of hydrogen-bond donors (Lipinski definition) is 2. The molecule has 2 N–H and O–H groups in total. The maximum Gasteiger partial charge on any atom is 0.329 e. The molecular formula is C22H28N4O6. The van der Waals surface area contributed by atoms with Crippen molar-refractivity contribution in [1.82, 2.24) is 15.1 Å². The first kappa shape index (κ1) is 23.2. The van der Waals surface area contributed by atoms with E-state index in [0.717, 1.165) is 19.3 Å². The van der Waals surface area contributed by atoms with Crippen molar-refractivity contribution in [3.63, 3.8) is 0 Å². The van der Waals surface area contributed by atoms with Crippen molar-refractivity contribution >= 4 is 35.9 Å². The van der Waals surface area contributed by atoms with Crippen LogP contribution in [0, 0.1) is 5.92 Å². The Morgan fingerprint density at radius 2 is 1.59 bits per heavy atom. The molecule has 32 heavy (non-hydrogen) atoms. The van der Waals surface area contributed by atoms with Gasteiger partial charge in [0.25, 0.3) is 12.4 Å². The Labute approximate surface area is 186 Å². The lowest BCUT2D eigenvalue weighted by atomic mass is 9.83. The van der Waals surface area contributed by atoms with Crippen LogP contribution >= 0.6 is 0 Å². The van der Waals surface area contributed by atoms with Crippen LogP contribution in [0.3, 0.4) is 0 Å². The molecule has 10 heteroatoms. The first-order valence-electron chi connectivity index (χ1n) is 10.7. The molecule has 2 saturated heterocycles. The summed E-state index contributed by atoms with van der Waals surface area (Å²) in [4.78, 5) is 62.3. The zero-order valence-electron chi connectivity index (χ0n) is 18.2. The summed E-state index contributed by atoms with van der Waals surface area (Å²) in [6.07, 6.45) is 3.08. The zero-order valence-corrected chi connectivity index (χ0v) is 18.2. The van der Waals surface area contributed by atoms with Gasteiger partial charge >= 0.3 is 6.03 Å². The number of piperazine rings is 1. The number of nitrogens with one attached hydrogen (secondary N) is 1. The van der Waals surface area contributed by atoms with E-state index in [1.165, 1.54) is 4.90 Å². The highest BCUT2D eigenvalue weighted by Gasteiger charge is 2.39. The molecule has 1 aromatic rings. The van der Waals surface area contributed by atoms with Gasteiger partial charge in [-0.1, -0.05) is 6.42 Å². The van der Waals surface area contributed by atoms with Crippen LogP contribution in [0.2, 0.25) is 0 Å². The Bertz CT molecular complexity index is 898. The minimum absolute atomic E-state index is 0.0162. The lowest BCUT2D eigenvalue weighted by Gasteiger charge is -2.46. The molecule has 0 aromatic heterocycles. The Morgan fingerprint density at radius 1 is 1.03 bits per heavy atom. The lowest BCUT2D eigenvalue weighted by molar-refractivity contribution is -0.144. The van der Waals surface area contributed by atoms with Gasteiger partial charge in [-0.15, -0.1) is 0 Å². The van der Waals surface area contributed by atoms with Gasteiger partial charge in [0, 0.05) is 42.3 Å². The fraction of sp³-hybridized carbons (Fsp3) is 0.500. The number of amides is 5. The lowest BCUT2D eigenvalue weighted by Crippen LogP contribution is -2.61. The zero-order chi connectivity index (χ0) is 23.4. The van der Waals surface area contributed by atoms with Crippen molar-refractivity contribution in [2.45, 2.75) is 45.2 Å². The predicted octanol–water partition coefficient (Wildman–Crippen LogP) is 1.31. The van der Waals surface area contributed by atoms with Gasteiger partial charge in [0.1, 0.15) is 6.54 Å². The molecule has 3 aliphatic rings. The predicted molar refractivity (Wildman–Crippen MR) is 115 cm³/mol. The number of imide groups is 1. The van der Waals surface area contributed by atoms with Crippen molar-refractivity contribution in [2.24, 2.45) is 5.92 Å². The SMILES string of the molecule is C[C@@H]1[C@H](C)N(C(=O)c2ccc(N3CC(=O)NC3=O)cc2)CCN1C(=O)C1CCC1.O=CO. The van der Waals surface area contributed by atoms with Crippen molar-refractivity contribution in [3.8, 4) is 0 Å². The minimum atomic E-state index is -0.455. The second-order valence-corrected chi connectivity index (χ2v) is 8.23. The summed E-state index contributed by atoms with van der Waals surface area (Å²) in [5.74, 6) is -0.0412. The molecule has 0 bridgehead atoms. The molecule has 4 rings (SSSR count). The van der Waals surface area contributed by atoms with Crippen LogP contribution < -0.4 is 10.2 Å². The van der Waals surface area contributed by atoms with Gasteiger partial charge in [-0.2, -0.15) is 0 Å². The van der Waals surface area contributed by atoms with Gasteiger partial charge < -0.3 is 14.9 Å². The third-order valence-electron chi connectivity index (χ3n) is 6.48. The molecule has 3 fully saturated rings. The maximum atomic E-state index is 13.1. The largest absolute Gasteiger partial charge is 0.483 e. The Morgan fingerprint density at radius 3 is 2.09 bits per heavy atom. The third-order valence-corrected chi connectivity index (χ3v) is 6.48. The summed E-state index contributed by atoms with van der Waals surface area (Å²) in [5, 5.41) is 9.12. The van der Waals surface area contributed by atoms with Crippen LogP contribution in [0.15, 0.2) is 24.3 Å². The molecule has 2 atom stereocenters. The van der Waals surface area contributed by atoms with E-state index >= 15 is 0 Å². The second-order valence-electron chi connectivity index (χ2n) is 8.23. The fourth-order valence-electron chi connectivity index (χ4n) is 4.23. The first-order chi connectivity index (χ1) is 15.3. The second kappa shape index (κ2) is 9.80. The van der Waals surface area contributed by atoms with E-state index in [2.05, 4.69) is 5.32 Å². The summed E-state index contributed by atoms with van der Waals surface area (Å²) in [6.45, 7) is 4.79. The number of benzene rings is 1. The number of urea groups is 1. The average molecular weight is 444 g/mol. The molecule has 2 aliphatic heterocycles. The van der Waals surface area contributed by atoms with E-state index in [1.54, 1.807) is 24.3 Å². The van der Waals surface area contributed by atoms with Crippen LogP contribution in [0.1, 0.15) is 43.5 Å². The van der Waals surface area contributed by atoms with E-state index in [1.807, 2.05) is 23.6 Å². The Balaban J connectivity index is 0.000000913. The van der Waals surface area contributed by atoms with Crippen LogP contribution in [-0.2, 0) is 14.4 Å². The summed E-state index contributed by atoms with van der Waals surface area (Å²) < 4.78 is 0. The number of nitrogens with zero attached hydrogens (tertiary/aromatic N) is 3. The highest BCUT2D eigenvalue weighted by atomic mass is 16.3. The maximum absolute atomic E-state index is 13.1. The van der Waals surface area contributed by atoms with E-state index in [9.17, 15) is 19.2 Å². The molecule has 0 unspecified atom stereocenters. The van der Waals surface area contributed by atoms with Gasteiger partial charge in [-0.05, 0) is 51.0 Å². The molecule has 0 spiro atoms. The Kier molecular flexibility index (Phi) is 7.12. The van der Waals surface area contributed by atoms with Gasteiger partial charge in [-0.3, -0.25) is 29.4 Å². The van der Waals surface area contributed by atoms with Crippen molar-refractivity contribution < 1.29 is 29.1 Å². The minimum Gasteiger partial charge on any atom is -0.483 e. The molecule has 1 saturated carbocycles. The van der Waals surface area contributed by atoms with Crippen molar-refractivity contribution in [1.29, 1.82) is 0 Å². The molecule has 172 valence electrons. The molecular weight excluding hydrogens is 416 g/mol. The number of rotatable bonds is 3. The van der Waals surface area contributed by atoms with Crippen LogP contribution in [0.25, 0.3) is 0 Å². The quantitative estimate of drug-likeness (QED) is 0.534. The van der Waals surface area contributed by atoms with Crippen molar-refractivity contribution in [2.75, 3.05) is 24.5 Å². The molecule has 2 heterocycles. The highest BCUT2D eigenvalue weighted by Crippen LogP contribution is 2.31. The average Bonchev–Trinajstić information content (AvgIpc) is 3.07. The number of carbonyl (C=O) groups excluding carboxylic acids is 4. The molecule has 0 radical (unpaired) electrons. The Hall–Kier alpha value is -3.43. The van der Waals surface area contributed by atoms with Gasteiger partial charge in [0.05, 0.1) is 0 Å². The van der Waals surface area contributed by atoms with Gasteiger partial charge in [-0.25, -0.2) is 4.79 Å². The van der Waals surface area contributed by atoms with Crippen LogP contribution in [0.5, 0.6) is 0 Å². The van der Waals surface area contributed by atoms with E-state index < -0.39 is 6.03 Å². The van der Waals surface area contributed by atoms with Crippen LogP contribution in [0.4, 0.5) is 10.5 Å². The number of carboxylic acid groups (broad SMARTS) is 1. The van der Waals surface area contributed by atoms with E-state index in [0.29, 0.717) is 24.3 Å². The number of carbonyl (C=O) groups is 5. The normalized spacial score (nSPS) is 23.1. The third kappa shape index (κ3) is 4.58. The summed E-state index contributed by atoms with van der Waals surface area (Å²) in [5.41, 5.74) is 1.10. The number of hydrogen-bond acceptors (Lipinski definition) is 5. The molecule has 1 aromatic carbocycles. The molecule has 1 aliphatic carbocycles. The van der Waals surface area contributed by atoms with Gasteiger partial charge in [0.15, 0.2) is 0 Å². The summed E-state index contributed by atoms with van der Waals surface area (Å²) >= 11 is 0. The van der Waals surface area contributed by atoms with Crippen molar-refractivity contribution in [3.05, 3.63) is 29.8 Å². The van der Waals surface area contributed by atoms with E-state index in [4.69, 9.17) is 9.90 Å².